The van der Waals surface area contributed by atoms with Crippen LogP contribution in [-0.4, -0.2) is 24.6 Å². The highest BCUT2D eigenvalue weighted by molar-refractivity contribution is 5.91. The van der Waals surface area contributed by atoms with Crippen molar-refractivity contribution in [3.05, 3.63) is 59.9 Å². The average Bonchev–Trinajstić information content (AvgIpc) is 2.64. The Kier molecular flexibility index (Phi) is 6.83. The standard InChI is InChI=1S/C19H22N2O3/c1-3-11-24-17-8-6-16(12-18(17)23-2)14-21-19(22)9-7-15-5-4-10-20-13-15/h4-10,12-13H,3,11,14H2,1-2H3,(H,21,22)/b9-7+. The molecule has 0 fully saturated rings. The third kappa shape index (κ3) is 5.43. The molecule has 1 aromatic carbocycles. The van der Waals surface area contributed by atoms with E-state index < -0.39 is 0 Å². The molecule has 5 heteroatoms. The fraction of sp³-hybridized carbons (Fsp3) is 0.263. The van der Waals surface area contributed by atoms with Gasteiger partial charge in [-0.3, -0.25) is 9.78 Å². The number of hydrogen-bond acceptors (Lipinski definition) is 4. The van der Waals surface area contributed by atoms with Gasteiger partial charge in [0.25, 0.3) is 0 Å². The zero-order valence-corrected chi connectivity index (χ0v) is 14.0. The van der Waals surface area contributed by atoms with E-state index in [1.807, 2.05) is 30.3 Å². The SMILES string of the molecule is CCCOc1ccc(CNC(=O)/C=C/c2cccnc2)cc1OC. The molecule has 0 atom stereocenters. The summed E-state index contributed by atoms with van der Waals surface area (Å²) in [5.41, 5.74) is 1.82. The van der Waals surface area contributed by atoms with Gasteiger partial charge < -0.3 is 14.8 Å². The number of pyridine rings is 1. The molecule has 126 valence electrons. The van der Waals surface area contributed by atoms with Gasteiger partial charge in [0.1, 0.15) is 0 Å². The second-order valence-electron chi connectivity index (χ2n) is 5.17. The molecule has 0 saturated heterocycles. The topological polar surface area (TPSA) is 60.5 Å². The second kappa shape index (κ2) is 9.35. The summed E-state index contributed by atoms with van der Waals surface area (Å²) in [4.78, 5) is 15.9. The summed E-state index contributed by atoms with van der Waals surface area (Å²) in [5, 5.41) is 2.84. The Hall–Kier alpha value is -2.82. The predicted octanol–water partition coefficient (Wildman–Crippen LogP) is 3.21. The molecule has 2 aromatic rings. The van der Waals surface area contributed by atoms with Gasteiger partial charge in [-0.25, -0.2) is 0 Å². The van der Waals surface area contributed by atoms with Crippen molar-refractivity contribution < 1.29 is 14.3 Å². The summed E-state index contributed by atoms with van der Waals surface area (Å²) in [5.74, 6) is 1.22. The van der Waals surface area contributed by atoms with Crippen molar-refractivity contribution >= 4 is 12.0 Å². The normalized spacial score (nSPS) is 10.6. The Morgan fingerprint density at radius 1 is 1.29 bits per heavy atom. The lowest BCUT2D eigenvalue weighted by molar-refractivity contribution is -0.116. The van der Waals surface area contributed by atoms with E-state index in [1.165, 1.54) is 6.08 Å². The number of aromatic nitrogens is 1. The number of rotatable bonds is 8. The lowest BCUT2D eigenvalue weighted by Gasteiger charge is -2.11. The molecule has 0 spiro atoms. The van der Waals surface area contributed by atoms with Crippen molar-refractivity contribution in [2.24, 2.45) is 0 Å². The van der Waals surface area contributed by atoms with Gasteiger partial charge in [-0.05, 0) is 41.8 Å². The largest absolute Gasteiger partial charge is 0.493 e. The van der Waals surface area contributed by atoms with Crippen molar-refractivity contribution in [1.82, 2.24) is 10.3 Å². The number of hydrogen-bond donors (Lipinski definition) is 1. The molecule has 1 heterocycles. The van der Waals surface area contributed by atoms with E-state index in [-0.39, 0.29) is 5.91 Å². The van der Waals surface area contributed by atoms with Crippen molar-refractivity contribution in [3.8, 4) is 11.5 Å². The molecule has 0 aliphatic rings. The molecule has 24 heavy (non-hydrogen) atoms. The number of benzene rings is 1. The molecule has 5 nitrogen and oxygen atoms in total. The number of methoxy groups -OCH3 is 1. The fourth-order valence-corrected chi connectivity index (χ4v) is 2.05. The van der Waals surface area contributed by atoms with E-state index in [0.717, 1.165) is 17.5 Å². The third-order valence-corrected chi connectivity index (χ3v) is 3.27. The number of carbonyl (C=O) groups is 1. The monoisotopic (exact) mass is 326 g/mol. The van der Waals surface area contributed by atoms with Crippen molar-refractivity contribution in [2.45, 2.75) is 19.9 Å². The quantitative estimate of drug-likeness (QED) is 0.757. The molecular weight excluding hydrogens is 304 g/mol. The van der Waals surface area contributed by atoms with Gasteiger partial charge in [0.05, 0.1) is 13.7 Å². The van der Waals surface area contributed by atoms with Gasteiger partial charge in [-0.15, -0.1) is 0 Å². The highest BCUT2D eigenvalue weighted by Gasteiger charge is 2.06. The second-order valence-corrected chi connectivity index (χ2v) is 5.17. The molecule has 0 unspecified atom stereocenters. The molecule has 1 aromatic heterocycles. The minimum atomic E-state index is -0.163. The van der Waals surface area contributed by atoms with Crippen LogP contribution in [0.25, 0.3) is 6.08 Å². The first-order valence-electron chi connectivity index (χ1n) is 7.88. The zero-order valence-electron chi connectivity index (χ0n) is 14.0. The number of carbonyl (C=O) groups excluding carboxylic acids is 1. The molecule has 0 radical (unpaired) electrons. The van der Waals surface area contributed by atoms with Crippen LogP contribution < -0.4 is 14.8 Å². The molecule has 1 amide bonds. The Labute approximate surface area is 142 Å². The van der Waals surface area contributed by atoms with E-state index in [0.29, 0.717) is 24.7 Å². The number of nitrogens with zero attached hydrogens (tertiary/aromatic N) is 1. The maximum atomic E-state index is 11.9. The van der Waals surface area contributed by atoms with Gasteiger partial charge in [0, 0.05) is 25.0 Å². The zero-order chi connectivity index (χ0) is 17.2. The van der Waals surface area contributed by atoms with Crippen LogP contribution in [0, 0.1) is 0 Å². The number of ether oxygens (including phenoxy) is 2. The predicted molar refractivity (Wildman–Crippen MR) is 93.9 cm³/mol. The summed E-state index contributed by atoms with van der Waals surface area (Å²) < 4.78 is 11.0. The third-order valence-electron chi connectivity index (χ3n) is 3.27. The number of amides is 1. The van der Waals surface area contributed by atoms with Crippen molar-refractivity contribution in [3.63, 3.8) is 0 Å². The van der Waals surface area contributed by atoms with E-state index in [1.54, 1.807) is 25.6 Å². The van der Waals surface area contributed by atoms with Crippen LogP contribution in [0.4, 0.5) is 0 Å². The van der Waals surface area contributed by atoms with E-state index in [9.17, 15) is 4.79 Å². The maximum Gasteiger partial charge on any atom is 0.244 e. The molecule has 0 saturated carbocycles. The summed E-state index contributed by atoms with van der Waals surface area (Å²) in [7, 11) is 1.60. The summed E-state index contributed by atoms with van der Waals surface area (Å²) >= 11 is 0. The highest BCUT2D eigenvalue weighted by Crippen LogP contribution is 2.28. The minimum Gasteiger partial charge on any atom is -0.493 e. The fourth-order valence-electron chi connectivity index (χ4n) is 2.05. The molecule has 0 aliphatic heterocycles. The van der Waals surface area contributed by atoms with E-state index in [4.69, 9.17) is 9.47 Å². The van der Waals surface area contributed by atoms with Gasteiger partial charge in [0.2, 0.25) is 5.91 Å². The van der Waals surface area contributed by atoms with Crippen LogP contribution in [-0.2, 0) is 11.3 Å². The average molecular weight is 326 g/mol. The first-order chi connectivity index (χ1) is 11.7. The van der Waals surface area contributed by atoms with Crippen LogP contribution in [0.1, 0.15) is 24.5 Å². The molecule has 0 bridgehead atoms. The van der Waals surface area contributed by atoms with Gasteiger partial charge >= 0.3 is 0 Å². The van der Waals surface area contributed by atoms with E-state index in [2.05, 4.69) is 17.2 Å². The molecule has 0 aliphatic carbocycles. The Balaban J connectivity index is 1.91. The summed E-state index contributed by atoms with van der Waals surface area (Å²) in [6.45, 7) is 3.11. The molecule has 1 N–H and O–H groups in total. The summed E-state index contributed by atoms with van der Waals surface area (Å²) in [6, 6.07) is 9.36. The van der Waals surface area contributed by atoms with Gasteiger partial charge in [0.15, 0.2) is 11.5 Å². The lowest BCUT2D eigenvalue weighted by atomic mass is 10.2. The van der Waals surface area contributed by atoms with Crippen LogP contribution in [0.15, 0.2) is 48.8 Å². The van der Waals surface area contributed by atoms with Gasteiger partial charge in [-0.1, -0.05) is 19.1 Å². The molecular formula is C19H22N2O3. The summed E-state index contributed by atoms with van der Waals surface area (Å²) in [6.07, 6.45) is 7.55. The van der Waals surface area contributed by atoms with Crippen LogP contribution in [0.3, 0.4) is 0 Å². The minimum absolute atomic E-state index is 0.163. The Morgan fingerprint density at radius 2 is 2.17 bits per heavy atom. The maximum absolute atomic E-state index is 11.9. The number of nitrogens with one attached hydrogen (secondary N) is 1. The smallest absolute Gasteiger partial charge is 0.244 e. The highest BCUT2D eigenvalue weighted by atomic mass is 16.5. The molecule has 2 rings (SSSR count). The lowest BCUT2D eigenvalue weighted by Crippen LogP contribution is -2.20. The van der Waals surface area contributed by atoms with Crippen LogP contribution >= 0.6 is 0 Å². The Morgan fingerprint density at radius 3 is 2.88 bits per heavy atom. The first kappa shape index (κ1) is 17.5. The van der Waals surface area contributed by atoms with Crippen LogP contribution in [0.2, 0.25) is 0 Å². The van der Waals surface area contributed by atoms with Crippen molar-refractivity contribution in [1.29, 1.82) is 0 Å². The van der Waals surface area contributed by atoms with E-state index >= 15 is 0 Å². The van der Waals surface area contributed by atoms with Gasteiger partial charge in [-0.2, -0.15) is 0 Å². The van der Waals surface area contributed by atoms with Crippen LogP contribution in [0.5, 0.6) is 11.5 Å². The van der Waals surface area contributed by atoms with Crippen molar-refractivity contribution in [2.75, 3.05) is 13.7 Å². The Bertz CT molecular complexity index is 684. The first-order valence-corrected chi connectivity index (χ1v) is 7.88.